The number of hydrogen-bond donors (Lipinski definition) is 2. The Morgan fingerprint density at radius 2 is 1.79 bits per heavy atom. The fourth-order valence-electron chi connectivity index (χ4n) is 7.79. The number of ether oxygens (including phenoxy) is 2. The molecule has 2 fully saturated rings. The maximum Gasteiger partial charge on any atom is 0.408 e. The number of ketones is 2. The van der Waals surface area contributed by atoms with E-state index in [0.29, 0.717) is 42.3 Å². The summed E-state index contributed by atoms with van der Waals surface area (Å²) in [5, 5.41) is 2.76. The first-order valence-electron chi connectivity index (χ1n) is 20.1. The Balaban J connectivity index is 1.52. The Morgan fingerprint density at radius 1 is 1.07 bits per heavy atom. The molecule has 2 aliphatic heterocycles. The molecule has 3 amide bonds. The van der Waals surface area contributed by atoms with E-state index in [4.69, 9.17) is 14.5 Å². The molecule has 0 unspecified atom stereocenters. The number of rotatable bonds is 10. The van der Waals surface area contributed by atoms with Crippen LogP contribution in [0, 0.1) is 17.3 Å². The minimum atomic E-state index is -4.15. The zero-order chi connectivity index (χ0) is 42.0. The van der Waals surface area contributed by atoms with Crippen molar-refractivity contribution in [2.75, 3.05) is 20.6 Å². The molecule has 314 valence electrons. The fourth-order valence-corrected chi connectivity index (χ4v) is 8.41. The van der Waals surface area contributed by atoms with Gasteiger partial charge in [0.2, 0.25) is 11.8 Å². The van der Waals surface area contributed by atoms with Crippen molar-refractivity contribution in [3.05, 3.63) is 35.9 Å². The van der Waals surface area contributed by atoms with Crippen LogP contribution >= 0.6 is 0 Å². The number of carbonyl (C=O) groups excluding carboxylic acids is 5. The first kappa shape index (κ1) is 43.8. The van der Waals surface area contributed by atoms with E-state index >= 15 is 0 Å². The third-order valence-electron chi connectivity index (χ3n) is 10.8. The molecule has 1 aliphatic carbocycles. The third-order valence-corrected chi connectivity index (χ3v) is 12.2. The molecule has 3 aliphatic rings. The number of aromatic nitrogens is 2. The smallest absolute Gasteiger partial charge is 0.408 e. The average molecular weight is 813 g/mol. The maximum atomic E-state index is 14.6. The van der Waals surface area contributed by atoms with Crippen LogP contribution in [-0.4, -0.2) is 101 Å². The number of alkyl carbamates (subject to hydrolysis) is 1. The lowest BCUT2D eigenvalue weighted by Crippen LogP contribution is -2.53. The highest BCUT2D eigenvalue weighted by atomic mass is 32.2. The molecule has 16 heteroatoms. The van der Waals surface area contributed by atoms with Gasteiger partial charge in [-0.3, -0.25) is 23.7 Å². The summed E-state index contributed by atoms with van der Waals surface area (Å²) in [6.45, 7) is 13.0. The van der Waals surface area contributed by atoms with E-state index in [1.54, 1.807) is 26.8 Å². The number of carbonyl (C=O) groups is 5. The summed E-state index contributed by atoms with van der Waals surface area (Å²) in [4.78, 5) is 75.6. The normalized spacial score (nSPS) is 25.4. The molecular formula is C41H60N6O9S. The van der Waals surface area contributed by atoms with E-state index < -0.39 is 63.1 Å². The van der Waals surface area contributed by atoms with Gasteiger partial charge in [0.15, 0.2) is 11.6 Å². The standard InChI is InChI=1S/C41H60N6O9S/c1-25(2)20-33(48)29-17-15-19-31-35(29)43-38(47(31)26(3)4)55-28-21-32-34(49)23-41(37(51)44-57(53,54)45(8)9)22-27(41)16-13-11-10-12-14-18-30(36(50)46(32)24-28)42-39(52)56-40(5,6)7/h13,15-17,19,25-28,30,32H,10-12,14,18,20-24H2,1-9H3,(H,42,52)(H,44,51)/b16-13-/t27-,28+,30-,32-,41+/m0/s1. The van der Waals surface area contributed by atoms with Crippen LogP contribution in [0.1, 0.15) is 123 Å². The topological polar surface area (TPSA) is 186 Å². The molecule has 0 bridgehead atoms. The van der Waals surface area contributed by atoms with Crippen LogP contribution in [0.2, 0.25) is 0 Å². The summed E-state index contributed by atoms with van der Waals surface area (Å²) in [5.41, 5.74) is -0.449. The van der Waals surface area contributed by atoms with Gasteiger partial charge >= 0.3 is 16.3 Å². The van der Waals surface area contributed by atoms with Crippen LogP contribution in [-0.2, 0) is 29.3 Å². The highest BCUT2D eigenvalue weighted by Gasteiger charge is 2.61. The monoisotopic (exact) mass is 812 g/mol. The Bertz CT molecular complexity index is 2000. The van der Waals surface area contributed by atoms with Crippen LogP contribution in [0.5, 0.6) is 6.01 Å². The van der Waals surface area contributed by atoms with E-state index in [1.165, 1.54) is 19.0 Å². The summed E-state index contributed by atoms with van der Waals surface area (Å²) in [5.74, 6) is -1.95. The van der Waals surface area contributed by atoms with Crippen LogP contribution in [0.4, 0.5) is 4.79 Å². The molecule has 1 saturated carbocycles. The first-order chi connectivity index (χ1) is 26.6. The summed E-state index contributed by atoms with van der Waals surface area (Å²) in [6.07, 6.45) is 5.86. The maximum absolute atomic E-state index is 14.6. The Hall–Kier alpha value is -4.31. The van der Waals surface area contributed by atoms with Crippen molar-refractivity contribution in [3.8, 4) is 6.01 Å². The summed E-state index contributed by atoms with van der Waals surface area (Å²) in [6, 6.07) is 3.48. The number of imidazole rings is 1. The number of para-hydroxylation sites is 1. The molecule has 15 nitrogen and oxygen atoms in total. The quantitative estimate of drug-likeness (QED) is 0.229. The summed E-state index contributed by atoms with van der Waals surface area (Å²) >= 11 is 0. The van der Waals surface area contributed by atoms with Crippen molar-refractivity contribution in [2.24, 2.45) is 17.3 Å². The Labute approximate surface area is 336 Å². The minimum Gasteiger partial charge on any atom is -0.459 e. The fraction of sp³-hybridized carbons (Fsp3) is 0.659. The molecule has 2 aromatic rings. The van der Waals surface area contributed by atoms with Crippen LogP contribution in [0.15, 0.2) is 30.4 Å². The van der Waals surface area contributed by atoms with E-state index in [2.05, 4.69) is 10.0 Å². The zero-order valence-corrected chi connectivity index (χ0v) is 35.6. The van der Waals surface area contributed by atoms with Crippen molar-refractivity contribution in [1.82, 2.24) is 28.8 Å². The third kappa shape index (κ3) is 10.2. The van der Waals surface area contributed by atoms with Gasteiger partial charge in [-0.25, -0.2) is 9.52 Å². The number of fused-ring (bicyclic) bond motifs is 3. The Kier molecular flexibility index (Phi) is 13.3. The molecule has 3 heterocycles. The van der Waals surface area contributed by atoms with Gasteiger partial charge in [-0.2, -0.15) is 17.7 Å². The second-order valence-corrected chi connectivity index (χ2v) is 19.5. The predicted octanol–water partition coefficient (Wildman–Crippen LogP) is 5.50. The molecule has 5 rings (SSSR count). The van der Waals surface area contributed by atoms with Gasteiger partial charge in [-0.15, -0.1) is 0 Å². The van der Waals surface area contributed by atoms with Crippen molar-refractivity contribution in [2.45, 2.75) is 136 Å². The highest BCUT2D eigenvalue weighted by molar-refractivity contribution is 7.87. The largest absolute Gasteiger partial charge is 0.459 e. The second kappa shape index (κ2) is 17.3. The van der Waals surface area contributed by atoms with E-state index in [0.717, 1.165) is 17.1 Å². The van der Waals surface area contributed by atoms with Crippen molar-refractivity contribution in [3.63, 3.8) is 0 Å². The molecule has 1 saturated heterocycles. The molecular weight excluding hydrogens is 753 g/mol. The summed E-state index contributed by atoms with van der Waals surface area (Å²) < 4.78 is 42.6. The van der Waals surface area contributed by atoms with E-state index in [1.807, 2.05) is 56.5 Å². The predicted molar refractivity (Wildman–Crippen MR) is 215 cm³/mol. The number of nitrogens with one attached hydrogen (secondary N) is 2. The van der Waals surface area contributed by atoms with Gasteiger partial charge < -0.3 is 19.7 Å². The number of benzene rings is 1. The number of amides is 3. The molecule has 1 aromatic heterocycles. The van der Waals surface area contributed by atoms with E-state index in [-0.39, 0.29) is 55.5 Å². The second-order valence-electron chi connectivity index (χ2n) is 17.6. The van der Waals surface area contributed by atoms with Gasteiger partial charge in [0.1, 0.15) is 23.3 Å². The first-order valence-corrected chi connectivity index (χ1v) is 21.5. The minimum absolute atomic E-state index is 0.0281. The van der Waals surface area contributed by atoms with Crippen molar-refractivity contribution < 1.29 is 41.9 Å². The van der Waals surface area contributed by atoms with Gasteiger partial charge in [0.25, 0.3) is 6.01 Å². The van der Waals surface area contributed by atoms with Gasteiger partial charge in [0.05, 0.1) is 23.5 Å². The van der Waals surface area contributed by atoms with Gasteiger partial charge in [0, 0.05) is 45.0 Å². The van der Waals surface area contributed by atoms with Gasteiger partial charge in [-0.05, 0) is 84.3 Å². The number of Topliss-reactive ketones (excluding diaryl/α,β-unsaturated/α-hetero) is 2. The molecule has 57 heavy (non-hydrogen) atoms. The van der Waals surface area contributed by atoms with Crippen LogP contribution in [0.3, 0.4) is 0 Å². The molecule has 0 spiro atoms. The lowest BCUT2D eigenvalue weighted by Gasteiger charge is -2.30. The van der Waals surface area contributed by atoms with Crippen molar-refractivity contribution >= 4 is 50.7 Å². The molecule has 2 N–H and O–H groups in total. The molecule has 0 radical (unpaired) electrons. The molecule has 5 atom stereocenters. The van der Waals surface area contributed by atoms with E-state index in [9.17, 15) is 32.4 Å². The SMILES string of the molecule is CC(C)CC(=O)c1cccc2c1nc(O[C@@H]1C[C@H]3C(=O)C[C@]4(C(=O)NS(=O)(=O)N(C)C)C[C@@H]4/C=C\CCCCC[C@H](NC(=O)OC(C)(C)C)C(=O)N3C1)n2C(C)C. The van der Waals surface area contributed by atoms with Crippen LogP contribution < -0.4 is 14.8 Å². The summed E-state index contributed by atoms with van der Waals surface area (Å²) in [7, 11) is -1.54. The number of nitrogens with zero attached hydrogens (tertiary/aromatic N) is 4. The lowest BCUT2D eigenvalue weighted by atomic mass is 9.91. The van der Waals surface area contributed by atoms with Crippen molar-refractivity contribution in [1.29, 1.82) is 0 Å². The zero-order valence-electron chi connectivity index (χ0n) is 34.8. The van der Waals surface area contributed by atoms with Crippen LogP contribution in [0.25, 0.3) is 11.0 Å². The Morgan fingerprint density at radius 3 is 2.44 bits per heavy atom. The average Bonchev–Trinajstić information content (AvgIpc) is 3.42. The number of allylic oxidation sites excluding steroid dienone is 2. The van der Waals surface area contributed by atoms with Gasteiger partial charge in [-0.1, -0.05) is 44.9 Å². The highest BCUT2D eigenvalue weighted by Crippen LogP contribution is 2.57. The number of hydrogen-bond acceptors (Lipinski definition) is 10. The lowest BCUT2D eigenvalue weighted by molar-refractivity contribution is -0.140. The molecule has 1 aromatic carbocycles.